The molecule has 1 unspecified atom stereocenters. The SMILES string of the molecule is CC([C@H](C)OS(C)(=O)=O)n1ncn(-c2ccc(N3CCN(c4ccc(OC[C@H]5CO[C@](Cn6cncn6)(c6ccc(F)cc6F)O5)cc4)CC3)cc2)c1=O. The monoisotopic (exact) mass is 766 g/mol. The molecule has 2 aromatic heterocycles. The molecule has 54 heavy (non-hydrogen) atoms. The molecule has 286 valence electrons. The van der Waals surface area contributed by atoms with Gasteiger partial charge < -0.3 is 24.0 Å². The molecule has 15 nitrogen and oxygen atoms in total. The van der Waals surface area contributed by atoms with Gasteiger partial charge in [-0.15, -0.1) is 0 Å². The lowest BCUT2D eigenvalue weighted by molar-refractivity contribution is -0.192. The average molecular weight is 767 g/mol. The topological polar surface area (TPSA) is 148 Å². The second-order valence-electron chi connectivity index (χ2n) is 13.3. The molecular formula is C36H40F2N8O7S. The summed E-state index contributed by atoms with van der Waals surface area (Å²) in [6, 6.07) is 18.1. The van der Waals surface area contributed by atoms with E-state index in [4.69, 9.17) is 18.4 Å². The molecule has 2 aliphatic rings. The fraction of sp³-hybridized carbons (Fsp3) is 0.389. The number of piperazine rings is 1. The van der Waals surface area contributed by atoms with Gasteiger partial charge in [0.25, 0.3) is 10.1 Å². The van der Waals surface area contributed by atoms with Crippen molar-refractivity contribution in [1.82, 2.24) is 29.1 Å². The van der Waals surface area contributed by atoms with Gasteiger partial charge in [0, 0.05) is 49.2 Å². The van der Waals surface area contributed by atoms with Crippen molar-refractivity contribution in [2.45, 2.75) is 44.4 Å². The number of hydrogen-bond donors (Lipinski definition) is 0. The highest BCUT2D eigenvalue weighted by Gasteiger charge is 2.46. The van der Waals surface area contributed by atoms with Crippen molar-refractivity contribution in [3.05, 3.63) is 113 Å². The van der Waals surface area contributed by atoms with E-state index in [1.165, 1.54) is 39.0 Å². The summed E-state index contributed by atoms with van der Waals surface area (Å²) in [4.78, 5) is 21.6. The second kappa shape index (κ2) is 15.3. The van der Waals surface area contributed by atoms with Crippen LogP contribution in [0.25, 0.3) is 5.69 Å². The van der Waals surface area contributed by atoms with Gasteiger partial charge in [-0.3, -0.25) is 4.18 Å². The zero-order valence-corrected chi connectivity index (χ0v) is 30.7. The van der Waals surface area contributed by atoms with Gasteiger partial charge in [-0.2, -0.15) is 18.6 Å². The number of benzene rings is 3. The first-order valence-corrected chi connectivity index (χ1v) is 19.2. The number of aromatic nitrogens is 6. The van der Waals surface area contributed by atoms with E-state index in [-0.39, 0.29) is 25.3 Å². The molecule has 2 saturated heterocycles. The van der Waals surface area contributed by atoms with Crippen LogP contribution in [-0.2, 0) is 36.1 Å². The Morgan fingerprint density at radius 3 is 2.17 bits per heavy atom. The largest absolute Gasteiger partial charge is 0.491 e. The van der Waals surface area contributed by atoms with Gasteiger partial charge in [-0.1, -0.05) is 0 Å². The minimum atomic E-state index is -3.68. The molecule has 0 bridgehead atoms. The number of hydrogen-bond acceptors (Lipinski definition) is 12. The molecule has 2 aliphatic heterocycles. The van der Waals surface area contributed by atoms with Crippen LogP contribution in [0, 0.1) is 11.6 Å². The third-order valence-corrected chi connectivity index (χ3v) is 10.2. The molecule has 18 heteroatoms. The molecular weight excluding hydrogens is 727 g/mol. The predicted molar refractivity (Wildman–Crippen MR) is 193 cm³/mol. The molecule has 0 aliphatic carbocycles. The first-order chi connectivity index (χ1) is 25.9. The van der Waals surface area contributed by atoms with Gasteiger partial charge in [0.2, 0.25) is 5.79 Å². The molecule has 0 saturated carbocycles. The molecule has 0 spiro atoms. The van der Waals surface area contributed by atoms with Crippen LogP contribution < -0.4 is 20.2 Å². The number of ether oxygens (including phenoxy) is 3. The summed E-state index contributed by atoms with van der Waals surface area (Å²) in [5, 5.41) is 8.29. The van der Waals surface area contributed by atoms with E-state index in [0.717, 1.165) is 55.9 Å². The van der Waals surface area contributed by atoms with Gasteiger partial charge in [-0.05, 0) is 74.5 Å². The lowest BCUT2D eigenvalue weighted by Gasteiger charge is -2.37. The normalized spacial score (nSPS) is 20.3. The van der Waals surface area contributed by atoms with Crippen molar-refractivity contribution in [2.24, 2.45) is 0 Å². The van der Waals surface area contributed by atoms with Crippen molar-refractivity contribution in [3.8, 4) is 11.4 Å². The first-order valence-electron chi connectivity index (χ1n) is 17.3. The quantitative estimate of drug-likeness (QED) is 0.162. The lowest BCUT2D eigenvalue weighted by Crippen LogP contribution is -2.46. The Morgan fingerprint density at radius 1 is 0.907 bits per heavy atom. The highest BCUT2D eigenvalue weighted by atomic mass is 32.2. The fourth-order valence-electron chi connectivity index (χ4n) is 6.60. The van der Waals surface area contributed by atoms with Gasteiger partial charge in [0.05, 0.1) is 30.7 Å². The molecule has 5 aromatic rings. The minimum Gasteiger partial charge on any atom is -0.491 e. The van der Waals surface area contributed by atoms with Crippen molar-refractivity contribution < 1.29 is 35.6 Å². The standard InChI is InChI=1S/C36H40F2N8O7S/c1-25(26(2)53-54(3,48)49)46-35(47)45(24-41-46)30-7-5-28(6-8-30)42-14-16-43(17-15-42)29-9-11-31(12-10-29)50-19-32-20-51-36(52-32,21-44-23-39-22-40-44)33-13-4-27(37)18-34(33)38/h4-13,18,22-26,32H,14-17,19-21H2,1-3H3/t25?,26-,32-,36-/m0/s1. The highest BCUT2D eigenvalue weighted by molar-refractivity contribution is 7.86. The Morgan fingerprint density at radius 2 is 1.56 bits per heavy atom. The lowest BCUT2D eigenvalue weighted by atomic mass is 10.0. The molecule has 4 heterocycles. The van der Waals surface area contributed by atoms with Crippen molar-refractivity contribution in [3.63, 3.8) is 0 Å². The van der Waals surface area contributed by atoms with E-state index in [9.17, 15) is 22.0 Å². The number of halogens is 2. The molecule has 3 aromatic carbocycles. The van der Waals surface area contributed by atoms with Gasteiger partial charge >= 0.3 is 5.69 Å². The van der Waals surface area contributed by atoms with E-state index >= 15 is 0 Å². The summed E-state index contributed by atoms with van der Waals surface area (Å²) in [6.07, 6.45) is 3.90. The van der Waals surface area contributed by atoms with E-state index in [1.807, 2.05) is 48.5 Å². The van der Waals surface area contributed by atoms with Crippen molar-refractivity contribution >= 4 is 21.5 Å². The highest BCUT2D eigenvalue weighted by Crippen LogP contribution is 2.38. The molecule has 0 N–H and O–H groups in total. The van der Waals surface area contributed by atoms with Crippen LogP contribution in [0.4, 0.5) is 20.2 Å². The van der Waals surface area contributed by atoms with Crippen LogP contribution >= 0.6 is 0 Å². The van der Waals surface area contributed by atoms with E-state index < -0.39 is 51.5 Å². The van der Waals surface area contributed by atoms with Crippen LogP contribution in [0.5, 0.6) is 5.75 Å². The molecule has 0 amide bonds. The Balaban J connectivity index is 0.914. The smallest absolute Gasteiger partial charge is 0.350 e. The van der Waals surface area contributed by atoms with Crippen molar-refractivity contribution in [1.29, 1.82) is 0 Å². The van der Waals surface area contributed by atoms with Crippen LogP contribution in [0.3, 0.4) is 0 Å². The van der Waals surface area contributed by atoms with Crippen LogP contribution in [-0.4, -0.2) is 95.4 Å². The Labute approximate surface area is 310 Å². The van der Waals surface area contributed by atoms with Crippen LogP contribution in [0.1, 0.15) is 25.5 Å². The fourth-order valence-corrected chi connectivity index (χ4v) is 7.31. The third kappa shape index (κ3) is 8.15. The molecule has 4 atom stereocenters. The minimum absolute atomic E-state index is 0.0141. The summed E-state index contributed by atoms with van der Waals surface area (Å²) >= 11 is 0. The maximum Gasteiger partial charge on any atom is 0.350 e. The Bertz CT molecular complexity index is 2210. The van der Waals surface area contributed by atoms with Crippen LogP contribution in [0.2, 0.25) is 0 Å². The number of rotatable bonds is 13. The summed E-state index contributed by atoms with van der Waals surface area (Å²) < 4.78 is 79.1. The zero-order valence-electron chi connectivity index (χ0n) is 29.9. The Kier molecular flexibility index (Phi) is 10.5. The predicted octanol–water partition coefficient (Wildman–Crippen LogP) is 3.50. The molecule has 7 rings (SSSR count). The van der Waals surface area contributed by atoms with Gasteiger partial charge in [-0.25, -0.2) is 32.5 Å². The van der Waals surface area contributed by atoms with Gasteiger partial charge in [0.1, 0.15) is 55.6 Å². The Hall–Kier alpha value is -5.17. The molecule has 0 radical (unpaired) electrons. The molecule has 2 fully saturated rings. The van der Waals surface area contributed by atoms with E-state index in [2.05, 4.69) is 25.0 Å². The summed E-state index contributed by atoms with van der Waals surface area (Å²) in [7, 11) is -3.68. The first kappa shape index (κ1) is 37.2. The summed E-state index contributed by atoms with van der Waals surface area (Å²) in [6.45, 7) is 6.71. The maximum atomic E-state index is 14.9. The average Bonchev–Trinajstić information content (AvgIpc) is 3.91. The number of anilines is 2. The zero-order chi connectivity index (χ0) is 38.0. The van der Waals surface area contributed by atoms with E-state index in [1.54, 1.807) is 13.8 Å². The van der Waals surface area contributed by atoms with Crippen LogP contribution in [0.15, 0.2) is 90.5 Å². The third-order valence-electron chi connectivity index (χ3n) is 9.53. The summed E-state index contributed by atoms with van der Waals surface area (Å²) in [5.41, 5.74) is 2.38. The summed E-state index contributed by atoms with van der Waals surface area (Å²) in [5.74, 6) is -2.38. The van der Waals surface area contributed by atoms with Gasteiger partial charge in [0.15, 0.2) is 0 Å². The maximum absolute atomic E-state index is 14.9. The van der Waals surface area contributed by atoms with E-state index in [0.29, 0.717) is 11.4 Å². The number of nitrogens with zero attached hydrogens (tertiary/aromatic N) is 8. The second-order valence-corrected chi connectivity index (χ2v) is 14.9. The van der Waals surface area contributed by atoms with Crippen molar-refractivity contribution in [2.75, 3.05) is 55.4 Å².